The number of aromatic nitrogens is 3. The van der Waals surface area contributed by atoms with Gasteiger partial charge in [-0.1, -0.05) is 37.3 Å². The lowest BCUT2D eigenvalue weighted by Crippen LogP contribution is -2.66. The van der Waals surface area contributed by atoms with Crippen molar-refractivity contribution in [2.75, 3.05) is 31.6 Å². The molecular weight excluding hydrogens is 431 g/mol. The van der Waals surface area contributed by atoms with Crippen molar-refractivity contribution in [3.8, 4) is 5.69 Å². The van der Waals surface area contributed by atoms with Crippen molar-refractivity contribution in [3.05, 3.63) is 83.3 Å². The third kappa shape index (κ3) is 3.80. The molecule has 4 N–H and O–H groups in total. The average Bonchev–Trinajstić information content (AvgIpc) is 3.26. The van der Waals surface area contributed by atoms with Crippen molar-refractivity contribution in [1.29, 1.82) is 0 Å². The molecule has 0 radical (unpaired) electrons. The number of halogens is 1. The van der Waals surface area contributed by atoms with E-state index in [1.165, 1.54) is 22.6 Å². The van der Waals surface area contributed by atoms with Crippen LogP contribution in [-0.2, 0) is 0 Å². The van der Waals surface area contributed by atoms with Crippen molar-refractivity contribution in [3.63, 3.8) is 0 Å². The normalized spacial score (nSPS) is 23.9. The number of anilines is 1. The van der Waals surface area contributed by atoms with Crippen LogP contribution in [0.15, 0.2) is 66.1 Å². The predicted octanol–water partition coefficient (Wildman–Crippen LogP) is 2.37. The number of benzene rings is 2. The Labute approximate surface area is 199 Å². The Morgan fingerprint density at radius 2 is 1.88 bits per heavy atom. The minimum absolute atomic E-state index is 0.0618. The number of nitrogens with zero attached hydrogens (tertiary/aromatic N) is 6. The van der Waals surface area contributed by atoms with E-state index in [4.69, 9.17) is 11.5 Å². The van der Waals surface area contributed by atoms with E-state index in [1.54, 1.807) is 13.0 Å². The van der Waals surface area contributed by atoms with E-state index in [1.807, 2.05) is 36.1 Å². The molecule has 3 atom stereocenters. The van der Waals surface area contributed by atoms with Crippen molar-refractivity contribution >= 4 is 5.69 Å². The first-order valence-electron chi connectivity index (χ1n) is 11.6. The quantitative estimate of drug-likeness (QED) is 0.615. The summed E-state index contributed by atoms with van der Waals surface area (Å²) in [7, 11) is 2.11. The highest BCUT2D eigenvalue weighted by atomic mass is 19.1. The van der Waals surface area contributed by atoms with Crippen LogP contribution in [0.3, 0.4) is 0 Å². The molecule has 3 unspecified atom stereocenters. The highest BCUT2D eigenvalue weighted by Crippen LogP contribution is 2.42. The van der Waals surface area contributed by atoms with E-state index in [9.17, 15) is 0 Å². The topological polar surface area (TPSA) is 92.5 Å². The second-order valence-corrected chi connectivity index (χ2v) is 9.00. The molecule has 178 valence electrons. The van der Waals surface area contributed by atoms with Crippen LogP contribution in [0.2, 0.25) is 0 Å². The van der Waals surface area contributed by atoms with Gasteiger partial charge in [-0.25, -0.2) is 14.1 Å². The second kappa shape index (κ2) is 8.92. The molecule has 0 fully saturated rings. The summed E-state index contributed by atoms with van der Waals surface area (Å²) in [6.45, 7) is 6.05. The zero-order chi connectivity index (χ0) is 24.0. The van der Waals surface area contributed by atoms with Crippen molar-refractivity contribution in [1.82, 2.24) is 24.6 Å². The molecule has 5 rings (SSSR count). The largest absolute Gasteiger partial charge is 0.315 e. The molecule has 0 saturated heterocycles. The fourth-order valence-corrected chi connectivity index (χ4v) is 5.20. The molecule has 2 aliphatic rings. The Morgan fingerprint density at radius 1 is 1.12 bits per heavy atom. The van der Waals surface area contributed by atoms with Crippen LogP contribution in [0.25, 0.3) is 5.69 Å². The van der Waals surface area contributed by atoms with E-state index in [0.717, 1.165) is 24.4 Å². The first-order chi connectivity index (χ1) is 16.4. The molecule has 3 aromatic rings. The Morgan fingerprint density at radius 3 is 2.53 bits per heavy atom. The SMILES string of the molecule is CCN1C(N)C2=C(C(c3ccccc3)CN(C)C2)N(c2ccc(-n3cnc(C)n3)c(F)c2)C1N. The van der Waals surface area contributed by atoms with E-state index in [2.05, 4.69) is 39.1 Å². The minimum atomic E-state index is -0.521. The lowest BCUT2D eigenvalue weighted by molar-refractivity contribution is 0.133. The maximum atomic E-state index is 15.4. The first kappa shape index (κ1) is 22.7. The van der Waals surface area contributed by atoms with E-state index in [-0.39, 0.29) is 17.9 Å². The van der Waals surface area contributed by atoms with Gasteiger partial charge in [0.25, 0.3) is 0 Å². The molecule has 0 amide bonds. The van der Waals surface area contributed by atoms with E-state index >= 15 is 4.39 Å². The molecule has 2 aromatic carbocycles. The molecule has 1 aromatic heterocycles. The smallest absolute Gasteiger partial charge is 0.150 e. The molecule has 2 aliphatic heterocycles. The number of rotatable bonds is 4. The summed E-state index contributed by atoms with van der Waals surface area (Å²) in [5.74, 6) is 0.256. The summed E-state index contributed by atoms with van der Waals surface area (Å²) in [4.78, 5) is 10.5. The zero-order valence-corrected chi connectivity index (χ0v) is 19.8. The fourth-order valence-electron chi connectivity index (χ4n) is 5.20. The number of aryl methyl sites for hydroxylation is 1. The van der Waals surface area contributed by atoms with Crippen LogP contribution in [0.5, 0.6) is 0 Å². The Kier molecular flexibility index (Phi) is 5.95. The monoisotopic (exact) mass is 462 g/mol. The molecule has 0 saturated carbocycles. The van der Waals surface area contributed by atoms with Gasteiger partial charge < -0.3 is 15.5 Å². The summed E-state index contributed by atoms with van der Waals surface area (Å²) < 4.78 is 16.8. The van der Waals surface area contributed by atoms with Crippen molar-refractivity contribution < 1.29 is 4.39 Å². The van der Waals surface area contributed by atoms with Gasteiger partial charge in [0.1, 0.15) is 24.1 Å². The number of hydrogen-bond acceptors (Lipinski definition) is 7. The van der Waals surface area contributed by atoms with Crippen LogP contribution in [-0.4, -0.2) is 63.7 Å². The summed E-state index contributed by atoms with van der Waals surface area (Å²) in [6.07, 6.45) is 0.690. The summed E-state index contributed by atoms with van der Waals surface area (Å²) in [5.41, 5.74) is 18.0. The van der Waals surface area contributed by atoms with Gasteiger partial charge in [0, 0.05) is 36.9 Å². The first-order valence-corrected chi connectivity index (χ1v) is 11.6. The molecule has 0 aliphatic carbocycles. The van der Waals surface area contributed by atoms with E-state index in [0.29, 0.717) is 23.7 Å². The van der Waals surface area contributed by atoms with Crippen LogP contribution >= 0.6 is 0 Å². The van der Waals surface area contributed by atoms with Crippen molar-refractivity contribution in [2.24, 2.45) is 11.5 Å². The molecule has 8 nitrogen and oxygen atoms in total. The number of likely N-dealkylation sites (N-methyl/N-ethyl adjacent to an activating group) is 2. The molecule has 9 heteroatoms. The fraction of sp³-hybridized carbons (Fsp3) is 0.360. The third-order valence-electron chi connectivity index (χ3n) is 6.80. The minimum Gasteiger partial charge on any atom is -0.315 e. The van der Waals surface area contributed by atoms with Gasteiger partial charge >= 0.3 is 0 Å². The lowest BCUT2D eigenvalue weighted by Gasteiger charge is -2.52. The maximum Gasteiger partial charge on any atom is 0.150 e. The molecule has 34 heavy (non-hydrogen) atoms. The van der Waals surface area contributed by atoms with Crippen LogP contribution in [0.4, 0.5) is 10.1 Å². The van der Waals surface area contributed by atoms with Crippen LogP contribution in [0, 0.1) is 12.7 Å². The standard InChI is InChI=1S/C25H31FN8/c1-4-32-24(27)20-14-31(3)13-19(17-8-6-5-7-9-17)23(20)34(25(32)28)18-10-11-22(21(26)12-18)33-15-29-16(2)30-33/h5-12,15,19,24-25H,4,13-14,27-28H2,1-3H3. The second-order valence-electron chi connectivity index (χ2n) is 9.00. The van der Waals surface area contributed by atoms with Crippen LogP contribution in [0.1, 0.15) is 24.2 Å². The van der Waals surface area contributed by atoms with Gasteiger partial charge in [-0.3, -0.25) is 10.6 Å². The Balaban J connectivity index is 1.65. The zero-order valence-electron chi connectivity index (χ0n) is 19.8. The van der Waals surface area contributed by atoms with Gasteiger partial charge in [-0.15, -0.1) is 0 Å². The lowest BCUT2D eigenvalue weighted by atomic mass is 9.85. The van der Waals surface area contributed by atoms with Gasteiger partial charge in [0.15, 0.2) is 5.82 Å². The van der Waals surface area contributed by atoms with E-state index < -0.39 is 6.29 Å². The molecular formula is C25H31FN8. The molecule has 0 bridgehead atoms. The predicted molar refractivity (Wildman–Crippen MR) is 131 cm³/mol. The van der Waals surface area contributed by atoms with Gasteiger partial charge in [0.2, 0.25) is 0 Å². The van der Waals surface area contributed by atoms with Gasteiger partial charge in [0.05, 0.1) is 6.17 Å². The summed E-state index contributed by atoms with van der Waals surface area (Å²) in [5, 5.41) is 4.25. The summed E-state index contributed by atoms with van der Waals surface area (Å²) >= 11 is 0. The molecule has 0 spiro atoms. The third-order valence-corrected chi connectivity index (χ3v) is 6.80. The Hall–Kier alpha value is -3.11. The highest BCUT2D eigenvalue weighted by molar-refractivity contribution is 5.61. The maximum absolute atomic E-state index is 15.4. The summed E-state index contributed by atoms with van der Waals surface area (Å²) in [6, 6.07) is 15.5. The average molecular weight is 463 g/mol. The molecule has 3 heterocycles. The number of hydrogen-bond donors (Lipinski definition) is 2. The van der Waals surface area contributed by atoms with Crippen LogP contribution < -0.4 is 16.4 Å². The number of nitrogens with two attached hydrogens (primary N) is 2. The van der Waals surface area contributed by atoms with Crippen molar-refractivity contribution in [2.45, 2.75) is 32.2 Å². The Bertz CT molecular complexity index is 1210. The van der Waals surface area contributed by atoms with Gasteiger partial charge in [-0.2, -0.15) is 5.10 Å². The van der Waals surface area contributed by atoms with Gasteiger partial charge in [-0.05, 0) is 43.3 Å². The highest BCUT2D eigenvalue weighted by Gasteiger charge is 2.43.